The minimum Gasteiger partial charge on any atom is -0.507 e. The monoisotopic (exact) mass is 341 g/mol. The largest absolute Gasteiger partial charge is 0.507 e. The van der Waals surface area contributed by atoms with E-state index in [0.717, 1.165) is 29.5 Å². The van der Waals surface area contributed by atoms with Gasteiger partial charge in [-0.05, 0) is 55.0 Å². The fourth-order valence-corrected chi connectivity index (χ4v) is 2.66. The molecule has 1 amide bonds. The Labute approximate surface area is 149 Å². The summed E-state index contributed by atoms with van der Waals surface area (Å²) < 4.78 is 0. The van der Waals surface area contributed by atoms with Crippen LogP contribution in [0.25, 0.3) is 11.1 Å². The van der Waals surface area contributed by atoms with E-state index in [9.17, 15) is 15.0 Å². The molecule has 0 saturated heterocycles. The normalized spacial score (nSPS) is 11.4. The summed E-state index contributed by atoms with van der Waals surface area (Å²) in [5.74, 6) is 0.0743. The quantitative estimate of drug-likeness (QED) is 0.669. The number of phenols is 1. The molecule has 4 heteroatoms. The van der Waals surface area contributed by atoms with Crippen LogP contribution < -0.4 is 5.32 Å². The molecule has 0 aliphatic carbocycles. The average Bonchev–Trinajstić information content (AvgIpc) is 2.60. The number of aliphatic hydroxyl groups excluding tert-OH is 1. The number of nitrogens with one attached hydrogen (secondary N) is 1. The summed E-state index contributed by atoms with van der Waals surface area (Å²) in [5.41, 5.74) is 3.04. The zero-order valence-corrected chi connectivity index (χ0v) is 15.2. The highest BCUT2D eigenvalue weighted by Crippen LogP contribution is 2.30. The molecule has 3 N–H and O–H groups in total. The fourth-order valence-electron chi connectivity index (χ4n) is 2.66. The van der Waals surface area contributed by atoms with E-state index in [0.29, 0.717) is 12.1 Å². The highest BCUT2D eigenvalue weighted by Gasteiger charge is 2.16. The maximum Gasteiger partial charge on any atom is 0.251 e. The predicted octanol–water partition coefficient (Wildman–Crippen LogP) is 3.90. The second-order valence-electron chi connectivity index (χ2n) is 7.28. The SMILES string of the molecule is Cc1ccc(O)c(-c2cccc(C(=O)NCCCC(C)(C)CO)c2)c1. The average molecular weight is 341 g/mol. The molecule has 0 radical (unpaired) electrons. The van der Waals surface area contributed by atoms with Gasteiger partial charge in [0.2, 0.25) is 0 Å². The van der Waals surface area contributed by atoms with E-state index >= 15 is 0 Å². The Morgan fingerprint density at radius 3 is 2.64 bits per heavy atom. The Morgan fingerprint density at radius 1 is 1.16 bits per heavy atom. The van der Waals surface area contributed by atoms with Crippen molar-refractivity contribution in [1.29, 1.82) is 0 Å². The zero-order valence-electron chi connectivity index (χ0n) is 15.2. The van der Waals surface area contributed by atoms with Gasteiger partial charge in [-0.15, -0.1) is 0 Å². The number of phenolic OH excluding ortho intramolecular Hbond substituents is 1. The molecule has 0 aromatic heterocycles. The number of hydrogen-bond acceptors (Lipinski definition) is 3. The Kier molecular flexibility index (Phi) is 6.21. The zero-order chi connectivity index (χ0) is 18.4. The van der Waals surface area contributed by atoms with Crippen molar-refractivity contribution in [2.24, 2.45) is 5.41 Å². The van der Waals surface area contributed by atoms with Crippen molar-refractivity contribution in [1.82, 2.24) is 5.32 Å². The van der Waals surface area contributed by atoms with Crippen molar-refractivity contribution >= 4 is 5.91 Å². The lowest BCUT2D eigenvalue weighted by Crippen LogP contribution is -2.26. The maximum atomic E-state index is 12.4. The maximum absolute atomic E-state index is 12.4. The van der Waals surface area contributed by atoms with Crippen molar-refractivity contribution in [3.63, 3.8) is 0 Å². The third-order valence-corrected chi connectivity index (χ3v) is 4.33. The predicted molar refractivity (Wildman–Crippen MR) is 101 cm³/mol. The summed E-state index contributed by atoms with van der Waals surface area (Å²) in [7, 11) is 0. The molecule has 2 aromatic rings. The summed E-state index contributed by atoms with van der Waals surface area (Å²) >= 11 is 0. The molecule has 0 atom stereocenters. The van der Waals surface area contributed by atoms with Gasteiger partial charge < -0.3 is 15.5 Å². The number of amides is 1. The van der Waals surface area contributed by atoms with Crippen LogP contribution in [0.4, 0.5) is 0 Å². The number of aliphatic hydroxyl groups is 1. The van der Waals surface area contributed by atoms with E-state index in [-0.39, 0.29) is 23.7 Å². The first-order valence-electron chi connectivity index (χ1n) is 8.61. The van der Waals surface area contributed by atoms with Crippen molar-refractivity contribution in [3.05, 3.63) is 53.6 Å². The van der Waals surface area contributed by atoms with Gasteiger partial charge in [-0.25, -0.2) is 0 Å². The van der Waals surface area contributed by atoms with Crippen molar-refractivity contribution in [3.8, 4) is 16.9 Å². The molecule has 0 spiro atoms. The van der Waals surface area contributed by atoms with Gasteiger partial charge in [-0.3, -0.25) is 4.79 Å². The summed E-state index contributed by atoms with van der Waals surface area (Å²) in [4.78, 5) is 12.4. The molecule has 0 unspecified atom stereocenters. The summed E-state index contributed by atoms with van der Waals surface area (Å²) in [6.07, 6.45) is 1.67. The molecule has 0 aliphatic heterocycles. The number of aromatic hydroxyl groups is 1. The fraction of sp³-hybridized carbons (Fsp3) is 0.381. The second kappa shape index (κ2) is 8.17. The van der Waals surface area contributed by atoms with Gasteiger partial charge in [0.05, 0.1) is 0 Å². The van der Waals surface area contributed by atoms with Gasteiger partial charge >= 0.3 is 0 Å². The Hall–Kier alpha value is -2.33. The van der Waals surface area contributed by atoms with E-state index in [1.807, 2.05) is 45.0 Å². The molecule has 0 bridgehead atoms. The van der Waals surface area contributed by atoms with Crippen LogP contribution in [-0.4, -0.2) is 29.3 Å². The van der Waals surface area contributed by atoms with Crippen LogP contribution in [-0.2, 0) is 0 Å². The van der Waals surface area contributed by atoms with Gasteiger partial charge in [0, 0.05) is 24.3 Å². The van der Waals surface area contributed by atoms with E-state index in [2.05, 4.69) is 5.32 Å². The molecular weight excluding hydrogens is 314 g/mol. The number of benzene rings is 2. The standard InChI is InChI=1S/C21H27NO3/c1-15-8-9-19(24)18(12-15)16-6-4-7-17(13-16)20(25)22-11-5-10-21(2,3)14-23/h4,6-9,12-13,23-24H,5,10-11,14H2,1-3H3,(H,22,25). The molecule has 25 heavy (non-hydrogen) atoms. The molecule has 134 valence electrons. The van der Waals surface area contributed by atoms with Crippen LogP contribution >= 0.6 is 0 Å². The van der Waals surface area contributed by atoms with E-state index in [1.165, 1.54) is 0 Å². The van der Waals surface area contributed by atoms with Crippen molar-refractivity contribution in [2.75, 3.05) is 13.2 Å². The van der Waals surface area contributed by atoms with Gasteiger partial charge in [-0.1, -0.05) is 37.6 Å². The number of aryl methyl sites for hydroxylation is 1. The third-order valence-electron chi connectivity index (χ3n) is 4.33. The van der Waals surface area contributed by atoms with Gasteiger partial charge in [0.15, 0.2) is 0 Å². The molecule has 0 saturated carbocycles. The van der Waals surface area contributed by atoms with Crippen LogP contribution in [0.3, 0.4) is 0 Å². The van der Waals surface area contributed by atoms with Gasteiger partial charge in [0.25, 0.3) is 5.91 Å². The van der Waals surface area contributed by atoms with E-state index < -0.39 is 0 Å². The smallest absolute Gasteiger partial charge is 0.251 e. The lowest BCUT2D eigenvalue weighted by molar-refractivity contribution is 0.0948. The minimum atomic E-state index is -0.129. The number of carbonyl (C=O) groups is 1. The second-order valence-corrected chi connectivity index (χ2v) is 7.28. The lowest BCUT2D eigenvalue weighted by atomic mass is 9.89. The van der Waals surface area contributed by atoms with E-state index in [1.54, 1.807) is 18.2 Å². The Morgan fingerprint density at radius 2 is 1.92 bits per heavy atom. The van der Waals surface area contributed by atoms with Crippen LogP contribution in [0.15, 0.2) is 42.5 Å². The van der Waals surface area contributed by atoms with Gasteiger partial charge in [-0.2, -0.15) is 0 Å². The lowest BCUT2D eigenvalue weighted by Gasteiger charge is -2.21. The first-order chi connectivity index (χ1) is 11.8. The molecular formula is C21H27NO3. The van der Waals surface area contributed by atoms with Crippen molar-refractivity contribution in [2.45, 2.75) is 33.6 Å². The van der Waals surface area contributed by atoms with Crippen LogP contribution in [0.1, 0.15) is 42.6 Å². The Bertz CT molecular complexity index is 738. The topological polar surface area (TPSA) is 69.6 Å². The highest BCUT2D eigenvalue weighted by atomic mass is 16.3. The molecule has 4 nitrogen and oxygen atoms in total. The van der Waals surface area contributed by atoms with Gasteiger partial charge in [0.1, 0.15) is 5.75 Å². The first-order valence-corrected chi connectivity index (χ1v) is 8.61. The molecule has 0 fully saturated rings. The number of carbonyl (C=O) groups excluding carboxylic acids is 1. The third kappa shape index (κ3) is 5.33. The number of rotatable bonds is 7. The Balaban J connectivity index is 2.03. The van der Waals surface area contributed by atoms with Crippen LogP contribution in [0.2, 0.25) is 0 Å². The molecule has 0 heterocycles. The summed E-state index contributed by atoms with van der Waals surface area (Å²) in [6, 6.07) is 12.7. The van der Waals surface area contributed by atoms with Crippen molar-refractivity contribution < 1.29 is 15.0 Å². The summed E-state index contributed by atoms with van der Waals surface area (Å²) in [6.45, 7) is 6.69. The summed E-state index contributed by atoms with van der Waals surface area (Å²) in [5, 5.41) is 22.2. The highest BCUT2D eigenvalue weighted by molar-refractivity contribution is 5.95. The van der Waals surface area contributed by atoms with Crippen LogP contribution in [0.5, 0.6) is 5.75 Å². The number of hydrogen-bond donors (Lipinski definition) is 3. The molecule has 2 aromatic carbocycles. The van der Waals surface area contributed by atoms with E-state index in [4.69, 9.17) is 0 Å². The minimum absolute atomic E-state index is 0.118. The first kappa shape index (κ1) is 19.0. The molecule has 0 aliphatic rings. The molecule has 2 rings (SSSR count). The van der Waals surface area contributed by atoms with Crippen LogP contribution in [0, 0.1) is 12.3 Å².